The Hall–Kier alpha value is -0.890. The van der Waals surface area contributed by atoms with Gasteiger partial charge in [-0.25, -0.2) is 4.39 Å². The molecule has 1 aromatic rings. The van der Waals surface area contributed by atoms with Crippen LogP contribution >= 0.6 is 0 Å². The Morgan fingerprint density at radius 3 is 2.56 bits per heavy atom. The third kappa shape index (κ3) is 4.77. The lowest BCUT2D eigenvalue weighted by atomic mass is 9.99. The maximum Gasteiger partial charge on any atom is 0.126 e. The minimum Gasteiger partial charge on any atom is -0.310 e. The van der Waals surface area contributed by atoms with Crippen LogP contribution in [0.3, 0.4) is 0 Å². The molecular weight excluding hydrogens is 225 g/mol. The molecule has 0 fully saturated rings. The Morgan fingerprint density at radius 1 is 1.17 bits per heavy atom. The van der Waals surface area contributed by atoms with Crippen LogP contribution in [0.5, 0.6) is 0 Å². The van der Waals surface area contributed by atoms with Crippen LogP contribution in [-0.2, 0) is 0 Å². The average Bonchev–Trinajstić information content (AvgIpc) is 2.37. The molecule has 0 saturated heterocycles. The van der Waals surface area contributed by atoms with Gasteiger partial charge in [-0.15, -0.1) is 0 Å². The first-order valence-corrected chi connectivity index (χ1v) is 7.18. The van der Waals surface area contributed by atoms with E-state index >= 15 is 0 Å². The predicted octanol–water partition coefficient (Wildman–Crippen LogP) is 4.76. The molecule has 2 heteroatoms. The molecule has 0 amide bonds. The molecule has 1 nitrogen and oxygen atoms in total. The first kappa shape index (κ1) is 15.2. The van der Waals surface area contributed by atoms with Crippen molar-refractivity contribution in [1.82, 2.24) is 5.32 Å². The van der Waals surface area contributed by atoms with E-state index in [9.17, 15) is 4.39 Å². The van der Waals surface area contributed by atoms with Gasteiger partial charge in [0.05, 0.1) is 0 Å². The van der Waals surface area contributed by atoms with E-state index in [0.29, 0.717) is 6.04 Å². The molecule has 1 rings (SSSR count). The lowest BCUT2D eigenvalue weighted by molar-refractivity contribution is 0.479. The van der Waals surface area contributed by atoms with Crippen molar-refractivity contribution in [2.75, 3.05) is 6.54 Å². The van der Waals surface area contributed by atoms with Gasteiger partial charge in [-0.2, -0.15) is 0 Å². The Kier molecular flexibility index (Phi) is 6.96. The number of aryl methyl sites for hydroxylation is 1. The molecule has 1 N–H and O–H groups in total. The maximum absolute atomic E-state index is 13.6. The van der Waals surface area contributed by atoms with E-state index in [4.69, 9.17) is 0 Å². The van der Waals surface area contributed by atoms with E-state index in [1.54, 1.807) is 6.07 Å². The number of unbranched alkanes of at least 4 members (excludes halogenated alkanes) is 3. The highest BCUT2D eigenvalue weighted by Crippen LogP contribution is 2.22. The Morgan fingerprint density at radius 2 is 1.94 bits per heavy atom. The molecular formula is C16H26FN. The maximum atomic E-state index is 13.6. The summed E-state index contributed by atoms with van der Waals surface area (Å²) in [7, 11) is 0. The zero-order valence-corrected chi connectivity index (χ0v) is 11.9. The summed E-state index contributed by atoms with van der Waals surface area (Å²) in [6.07, 6.45) is 6.12. The van der Waals surface area contributed by atoms with Crippen LogP contribution in [0.2, 0.25) is 0 Å². The van der Waals surface area contributed by atoms with Crippen LogP contribution in [0.25, 0.3) is 0 Å². The molecule has 0 aliphatic carbocycles. The summed E-state index contributed by atoms with van der Waals surface area (Å²) in [5, 5.41) is 3.46. The molecule has 0 saturated carbocycles. The smallest absolute Gasteiger partial charge is 0.126 e. The fraction of sp³-hybridized carbons (Fsp3) is 0.625. The van der Waals surface area contributed by atoms with Gasteiger partial charge in [-0.1, -0.05) is 51.7 Å². The fourth-order valence-electron chi connectivity index (χ4n) is 2.23. The third-order valence-electron chi connectivity index (χ3n) is 3.40. The van der Waals surface area contributed by atoms with Crippen LogP contribution in [0.4, 0.5) is 4.39 Å². The van der Waals surface area contributed by atoms with Gasteiger partial charge in [0.25, 0.3) is 0 Å². The van der Waals surface area contributed by atoms with Gasteiger partial charge in [0.1, 0.15) is 5.82 Å². The normalized spacial score (nSPS) is 12.7. The first-order valence-electron chi connectivity index (χ1n) is 7.18. The average molecular weight is 251 g/mol. The predicted molar refractivity (Wildman–Crippen MR) is 76.3 cm³/mol. The first-order chi connectivity index (χ1) is 8.69. The topological polar surface area (TPSA) is 12.0 Å². The summed E-state index contributed by atoms with van der Waals surface area (Å²) in [6, 6.07) is 5.90. The zero-order valence-electron chi connectivity index (χ0n) is 11.9. The summed E-state index contributed by atoms with van der Waals surface area (Å²) in [4.78, 5) is 0. The van der Waals surface area contributed by atoms with E-state index in [1.807, 2.05) is 19.1 Å². The van der Waals surface area contributed by atoms with E-state index in [-0.39, 0.29) is 5.82 Å². The van der Waals surface area contributed by atoms with Crippen LogP contribution in [-0.4, -0.2) is 6.54 Å². The van der Waals surface area contributed by atoms with Gasteiger partial charge in [-0.05, 0) is 37.1 Å². The van der Waals surface area contributed by atoms with Crippen molar-refractivity contribution in [3.05, 3.63) is 35.1 Å². The molecule has 0 aromatic heterocycles. The minimum atomic E-state index is -0.0936. The number of rotatable bonds is 8. The van der Waals surface area contributed by atoms with E-state index < -0.39 is 0 Å². The SMILES string of the molecule is CCCCCCC(NCC)c1ccc(C)c(F)c1. The van der Waals surface area contributed by atoms with Crippen molar-refractivity contribution in [2.45, 2.75) is 58.9 Å². The van der Waals surface area contributed by atoms with E-state index in [1.165, 1.54) is 25.7 Å². The van der Waals surface area contributed by atoms with Crippen LogP contribution in [0.1, 0.15) is 63.1 Å². The van der Waals surface area contributed by atoms with Crippen LogP contribution < -0.4 is 5.32 Å². The monoisotopic (exact) mass is 251 g/mol. The van der Waals surface area contributed by atoms with Gasteiger partial charge in [0.15, 0.2) is 0 Å². The number of benzene rings is 1. The van der Waals surface area contributed by atoms with Crippen molar-refractivity contribution < 1.29 is 4.39 Å². The van der Waals surface area contributed by atoms with E-state index in [2.05, 4.69) is 19.2 Å². The molecule has 0 bridgehead atoms. The Bertz CT molecular complexity index is 349. The van der Waals surface area contributed by atoms with Crippen molar-refractivity contribution >= 4 is 0 Å². The molecule has 0 aliphatic rings. The summed E-state index contributed by atoms with van der Waals surface area (Å²) in [5.41, 5.74) is 1.80. The zero-order chi connectivity index (χ0) is 13.4. The van der Waals surface area contributed by atoms with E-state index in [0.717, 1.165) is 24.1 Å². The fourth-order valence-corrected chi connectivity index (χ4v) is 2.23. The number of hydrogen-bond acceptors (Lipinski definition) is 1. The standard InChI is InChI=1S/C16H26FN/c1-4-6-7-8-9-16(18-5-2)14-11-10-13(3)15(17)12-14/h10-12,16,18H,4-9H2,1-3H3. The van der Waals surface area contributed by atoms with Crippen molar-refractivity contribution in [3.8, 4) is 0 Å². The second-order valence-corrected chi connectivity index (χ2v) is 4.97. The number of nitrogens with one attached hydrogen (secondary N) is 1. The van der Waals surface area contributed by atoms with Crippen molar-refractivity contribution in [3.63, 3.8) is 0 Å². The third-order valence-corrected chi connectivity index (χ3v) is 3.40. The minimum absolute atomic E-state index is 0.0936. The van der Waals surface area contributed by atoms with Crippen LogP contribution in [0, 0.1) is 12.7 Å². The largest absolute Gasteiger partial charge is 0.310 e. The Balaban J connectivity index is 2.61. The summed E-state index contributed by atoms with van der Waals surface area (Å²) in [6.45, 7) is 7.05. The highest BCUT2D eigenvalue weighted by atomic mass is 19.1. The summed E-state index contributed by atoms with van der Waals surface area (Å²) >= 11 is 0. The number of hydrogen-bond donors (Lipinski definition) is 1. The van der Waals surface area contributed by atoms with Gasteiger partial charge in [0.2, 0.25) is 0 Å². The molecule has 18 heavy (non-hydrogen) atoms. The highest BCUT2D eigenvalue weighted by Gasteiger charge is 2.11. The van der Waals surface area contributed by atoms with Gasteiger partial charge in [0, 0.05) is 6.04 Å². The van der Waals surface area contributed by atoms with Crippen molar-refractivity contribution in [1.29, 1.82) is 0 Å². The highest BCUT2D eigenvalue weighted by molar-refractivity contribution is 5.25. The lowest BCUT2D eigenvalue weighted by Crippen LogP contribution is -2.21. The summed E-state index contributed by atoms with van der Waals surface area (Å²) < 4.78 is 13.6. The molecule has 0 aliphatic heterocycles. The molecule has 0 radical (unpaired) electrons. The van der Waals surface area contributed by atoms with Gasteiger partial charge < -0.3 is 5.32 Å². The second kappa shape index (κ2) is 8.25. The molecule has 102 valence electrons. The number of halogens is 1. The van der Waals surface area contributed by atoms with Crippen molar-refractivity contribution in [2.24, 2.45) is 0 Å². The molecule has 0 spiro atoms. The molecule has 0 heterocycles. The van der Waals surface area contributed by atoms with Crippen LogP contribution in [0.15, 0.2) is 18.2 Å². The second-order valence-electron chi connectivity index (χ2n) is 4.97. The summed E-state index contributed by atoms with van der Waals surface area (Å²) in [5.74, 6) is -0.0936. The van der Waals surface area contributed by atoms with Gasteiger partial charge in [-0.3, -0.25) is 0 Å². The Labute approximate surface area is 111 Å². The molecule has 1 aromatic carbocycles. The molecule has 1 unspecified atom stereocenters. The van der Waals surface area contributed by atoms with Gasteiger partial charge >= 0.3 is 0 Å². The molecule has 1 atom stereocenters. The quantitative estimate of drug-likeness (QED) is 0.657. The lowest BCUT2D eigenvalue weighted by Gasteiger charge is -2.18.